The average molecular weight is 445 g/mol. The number of ether oxygens (including phenoxy) is 1. The molecule has 1 atom stereocenters. The van der Waals surface area contributed by atoms with Gasteiger partial charge in [0, 0.05) is 37.4 Å². The number of unbranched alkanes of at least 4 members (excludes halogenated alkanes) is 1. The predicted molar refractivity (Wildman–Crippen MR) is 119 cm³/mol. The van der Waals surface area contributed by atoms with E-state index in [2.05, 4.69) is 10.6 Å². The normalized spacial score (nSPS) is 18.3. The molecule has 9 nitrogen and oxygen atoms in total. The van der Waals surface area contributed by atoms with E-state index in [9.17, 15) is 19.2 Å². The second-order valence-corrected chi connectivity index (χ2v) is 8.11. The number of esters is 1. The summed E-state index contributed by atoms with van der Waals surface area (Å²) in [6.45, 7) is 4.47. The number of nitrogens with zero attached hydrogens (tertiary/aromatic N) is 2. The fourth-order valence-electron chi connectivity index (χ4n) is 3.91. The Hall–Kier alpha value is -3.10. The first-order chi connectivity index (χ1) is 15.5. The quantitative estimate of drug-likeness (QED) is 0.440. The van der Waals surface area contributed by atoms with E-state index in [0.717, 1.165) is 38.8 Å². The zero-order chi connectivity index (χ0) is 22.9. The summed E-state index contributed by atoms with van der Waals surface area (Å²) in [5.74, 6) is -1.14. The molecule has 2 aliphatic rings. The molecule has 32 heavy (non-hydrogen) atoms. The molecule has 2 N–H and O–H groups in total. The van der Waals surface area contributed by atoms with Gasteiger partial charge < -0.3 is 25.2 Å². The Morgan fingerprint density at radius 1 is 1.19 bits per heavy atom. The van der Waals surface area contributed by atoms with Gasteiger partial charge in [0.15, 0.2) is 0 Å². The lowest BCUT2D eigenvalue weighted by Crippen LogP contribution is -2.58. The van der Waals surface area contributed by atoms with Gasteiger partial charge in [-0.15, -0.1) is 0 Å². The van der Waals surface area contributed by atoms with Crippen LogP contribution in [0.15, 0.2) is 24.3 Å². The molecule has 3 rings (SSSR count). The van der Waals surface area contributed by atoms with Crippen LogP contribution in [0.3, 0.4) is 0 Å². The monoisotopic (exact) mass is 444 g/mol. The summed E-state index contributed by atoms with van der Waals surface area (Å²) >= 11 is 0. The molecule has 0 spiro atoms. The van der Waals surface area contributed by atoms with Gasteiger partial charge in [-0.2, -0.15) is 0 Å². The third-order valence-electron chi connectivity index (χ3n) is 5.72. The maximum atomic E-state index is 12.9. The highest BCUT2D eigenvalue weighted by Gasteiger charge is 2.35. The molecule has 1 aromatic rings. The number of carbonyl (C=O) groups is 4. The van der Waals surface area contributed by atoms with E-state index in [1.807, 2.05) is 11.8 Å². The Bertz CT molecular complexity index is 837. The molecule has 9 heteroatoms. The molecule has 3 amide bonds. The molecule has 0 aromatic heterocycles. The first-order valence-electron chi connectivity index (χ1n) is 11.4. The van der Waals surface area contributed by atoms with Gasteiger partial charge in [0.2, 0.25) is 11.8 Å². The summed E-state index contributed by atoms with van der Waals surface area (Å²) in [4.78, 5) is 53.1. The number of benzene rings is 1. The lowest BCUT2D eigenvalue weighted by atomic mass is 10.1. The summed E-state index contributed by atoms with van der Waals surface area (Å²) < 4.78 is 5.16. The van der Waals surface area contributed by atoms with Gasteiger partial charge in [0.05, 0.1) is 19.6 Å². The van der Waals surface area contributed by atoms with E-state index in [4.69, 9.17) is 4.74 Å². The highest BCUT2D eigenvalue weighted by Crippen LogP contribution is 2.17. The largest absolute Gasteiger partial charge is 0.466 e. The lowest BCUT2D eigenvalue weighted by molar-refractivity contribution is -0.151. The van der Waals surface area contributed by atoms with Crippen molar-refractivity contribution in [2.45, 2.75) is 45.1 Å². The van der Waals surface area contributed by atoms with Crippen LogP contribution in [0.2, 0.25) is 0 Å². The number of amides is 3. The fraction of sp³-hybridized carbons (Fsp3) is 0.565. The van der Waals surface area contributed by atoms with Crippen molar-refractivity contribution in [1.82, 2.24) is 15.1 Å². The van der Waals surface area contributed by atoms with E-state index < -0.39 is 12.0 Å². The molecule has 2 heterocycles. The standard InChI is InChI=1S/C23H32N4O5/c1-2-3-13-32-21(29)15-19-22(30)24-9-12-27(19)20(28)16-25-18-8-6-7-17(14-18)23(31)26-10-4-5-11-26/h6-8,14,19,25H,2-5,9-13,15-16H2,1H3,(H,24,30). The second kappa shape index (κ2) is 11.5. The van der Waals surface area contributed by atoms with Crippen LogP contribution in [0, 0.1) is 0 Å². The van der Waals surface area contributed by atoms with Crippen molar-refractivity contribution < 1.29 is 23.9 Å². The highest BCUT2D eigenvalue weighted by molar-refractivity contribution is 5.96. The number of likely N-dealkylation sites (tertiary alicyclic amines) is 1. The van der Waals surface area contributed by atoms with Crippen LogP contribution in [0.4, 0.5) is 5.69 Å². The van der Waals surface area contributed by atoms with Gasteiger partial charge in [0.1, 0.15) is 6.04 Å². The van der Waals surface area contributed by atoms with Crippen molar-refractivity contribution in [3.63, 3.8) is 0 Å². The number of carbonyl (C=O) groups excluding carboxylic acids is 4. The summed E-state index contributed by atoms with van der Waals surface area (Å²) in [6, 6.07) is 6.19. The van der Waals surface area contributed by atoms with Gasteiger partial charge in [0.25, 0.3) is 5.91 Å². The maximum absolute atomic E-state index is 12.9. The number of hydrogen-bond donors (Lipinski definition) is 2. The van der Waals surface area contributed by atoms with Crippen molar-refractivity contribution in [3.05, 3.63) is 29.8 Å². The minimum absolute atomic E-state index is 0.00757. The van der Waals surface area contributed by atoms with Gasteiger partial charge in [-0.1, -0.05) is 19.4 Å². The Labute approximate surface area is 188 Å². The van der Waals surface area contributed by atoms with Crippen LogP contribution in [-0.2, 0) is 19.1 Å². The Balaban J connectivity index is 1.57. The molecule has 0 bridgehead atoms. The summed E-state index contributed by atoms with van der Waals surface area (Å²) in [5.41, 5.74) is 1.23. The number of rotatable bonds is 9. The van der Waals surface area contributed by atoms with Crippen LogP contribution in [0.25, 0.3) is 0 Å². The molecule has 1 unspecified atom stereocenters. The van der Waals surface area contributed by atoms with Crippen molar-refractivity contribution in [2.75, 3.05) is 44.6 Å². The molecular formula is C23H32N4O5. The maximum Gasteiger partial charge on any atom is 0.308 e. The first kappa shape index (κ1) is 23.6. The van der Waals surface area contributed by atoms with E-state index in [0.29, 0.717) is 30.9 Å². The molecule has 0 saturated carbocycles. The van der Waals surface area contributed by atoms with Gasteiger partial charge >= 0.3 is 5.97 Å². The fourth-order valence-corrected chi connectivity index (χ4v) is 3.91. The van der Waals surface area contributed by atoms with Crippen LogP contribution >= 0.6 is 0 Å². The first-order valence-corrected chi connectivity index (χ1v) is 11.4. The van der Waals surface area contributed by atoms with E-state index >= 15 is 0 Å². The second-order valence-electron chi connectivity index (χ2n) is 8.11. The lowest BCUT2D eigenvalue weighted by Gasteiger charge is -2.34. The third-order valence-corrected chi connectivity index (χ3v) is 5.72. The summed E-state index contributed by atoms with van der Waals surface area (Å²) in [5, 5.41) is 5.76. The van der Waals surface area contributed by atoms with Gasteiger partial charge in [-0.05, 0) is 37.5 Å². The number of hydrogen-bond acceptors (Lipinski definition) is 6. The number of piperazine rings is 1. The average Bonchev–Trinajstić information content (AvgIpc) is 3.33. The van der Waals surface area contributed by atoms with Crippen LogP contribution in [0.5, 0.6) is 0 Å². The minimum Gasteiger partial charge on any atom is -0.466 e. The van der Waals surface area contributed by atoms with Gasteiger partial charge in [-0.25, -0.2) is 0 Å². The van der Waals surface area contributed by atoms with Crippen molar-refractivity contribution in [2.24, 2.45) is 0 Å². The Morgan fingerprint density at radius 2 is 1.97 bits per heavy atom. The Morgan fingerprint density at radius 3 is 2.72 bits per heavy atom. The summed E-state index contributed by atoms with van der Waals surface area (Å²) in [7, 11) is 0. The number of nitrogens with one attached hydrogen (secondary N) is 2. The highest BCUT2D eigenvalue weighted by atomic mass is 16.5. The molecule has 2 aliphatic heterocycles. The van der Waals surface area contributed by atoms with Crippen LogP contribution in [0.1, 0.15) is 49.4 Å². The number of anilines is 1. The zero-order valence-electron chi connectivity index (χ0n) is 18.6. The minimum atomic E-state index is -0.879. The molecule has 2 saturated heterocycles. The molecule has 2 fully saturated rings. The topological polar surface area (TPSA) is 108 Å². The van der Waals surface area contributed by atoms with Crippen LogP contribution < -0.4 is 10.6 Å². The molecule has 1 aromatic carbocycles. The molecule has 174 valence electrons. The Kier molecular flexibility index (Phi) is 8.47. The van der Waals surface area contributed by atoms with Crippen molar-refractivity contribution in [1.29, 1.82) is 0 Å². The van der Waals surface area contributed by atoms with E-state index in [-0.39, 0.29) is 30.7 Å². The predicted octanol–water partition coefficient (Wildman–Crippen LogP) is 1.39. The van der Waals surface area contributed by atoms with Gasteiger partial charge in [-0.3, -0.25) is 19.2 Å². The SMILES string of the molecule is CCCCOC(=O)CC1C(=O)NCCN1C(=O)CNc1cccc(C(=O)N2CCCC2)c1. The molecule has 0 aliphatic carbocycles. The summed E-state index contributed by atoms with van der Waals surface area (Å²) in [6.07, 6.45) is 3.54. The molecular weight excluding hydrogens is 412 g/mol. The van der Waals surface area contributed by atoms with Crippen molar-refractivity contribution >= 4 is 29.4 Å². The van der Waals surface area contributed by atoms with E-state index in [1.165, 1.54) is 4.90 Å². The molecule has 0 radical (unpaired) electrons. The zero-order valence-corrected chi connectivity index (χ0v) is 18.6. The van der Waals surface area contributed by atoms with E-state index in [1.54, 1.807) is 24.3 Å². The smallest absolute Gasteiger partial charge is 0.308 e. The van der Waals surface area contributed by atoms with Crippen LogP contribution in [-0.4, -0.2) is 78.9 Å². The van der Waals surface area contributed by atoms with Crippen molar-refractivity contribution in [3.8, 4) is 0 Å². The third kappa shape index (κ3) is 6.21.